The number of anilines is 1. The predicted molar refractivity (Wildman–Crippen MR) is 134 cm³/mol. The van der Waals surface area contributed by atoms with E-state index in [1.165, 1.54) is 12.1 Å². The summed E-state index contributed by atoms with van der Waals surface area (Å²) in [7, 11) is 0. The van der Waals surface area contributed by atoms with E-state index in [0.29, 0.717) is 30.9 Å². The minimum absolute atomic E-state index is 0.129. The first kappa shape index (κ1) is 22.3. The minimum atomic E-state index is -0.320. The molecule has 1 amide bonds. The molecule has 1 N–H and O–H groups in total. The average molecular weight is 466 g/mol. The van der Waals surface area contributed by atoms with E-state index < -0.39 is 0 Å². The monoisotopic (exact) mass is 465 g/mol. The summed E-state index contributed by atoms with van der Waals surface area (Å²) in [6, 6.07) is 25.9. The number of halogens is 1. The number of hydrogen-bond donors (Lipinski definition) is 1. The molecule has 5 aromatic rings. The van der Waals surface area contributed by atoms with Gasteiger partial charge in [0.1, 0.15) is 17.3 Å². The van der Waals surface area contributed by atoms with Crippen molar-refractivity contribution in [3.05, 3.63) is 121 Å². The zero-order valence-corrected chi connectivity index (χ0v) is 19.0. The van der Waals surface area contributed by atoms with Gasteiger partial charge < -0.3 is 9.88 Å². The number of aromatic nitrogens is 4. The average Bonchev–Trinajstić information content (AvgIpc) is 3.52. The molecule has 2 aromatic heterocycles. The summed E-state index contributed by atoms with van der Waals surface area (Å²) in [5.74, 6) is 0.139. The second-order valence-corrected chi connectivity index (χ2v) is 8.24. The van der Waals surface area contributed by atoms with Gasteiger partial charge >= 0.3 is 0 Å². The Morgan fingerprint density at radius 1 is 0.886 bits per heavy atom. The normalized spacial score (nSPS) is 10.9. The van der Waals surface area contributed by atoms with Crippen molar-refractivity contribution in [1.82, 2.24) is 19.3 Å². The Morgan fingerprint density at radius 2 is 1.60 bits per heavy atom. The van der Waals surface area contributed by atoms with Crippen LogP contribution in [0.5, 0.6) is 0 Å². The summed E-state index contributed by atoms with van der Waals surface area (Å²) in [6.45, 7) is 0.550. The highest BCUT2D eigenvalue weighted by Gasteiger charge is 2.16. The smallest absolute Gasteiger partial charge is 0.225 e. The highest BCUT2D eigenvalue weighted by atomic mass is 19.1. The molecular formula is C28H24FN5O. The predicted octanol–water partition coefficient (Wildman–Crippen LogP) is 5.49. The number of imidazole rings is 1. The number of rotatable bonds is 8. The number of amides is 1. The van der Waals surface area contributed by atoms with Gasteiger partial charge in [0.15, 0.2) is 0 Å². The lowest BCUT2D eigenvalue weighted by Gasteiger charge is -2.12. The first-order valence-electron chi connectivity index (χ1n) is 11.4. The van der Waals surface area contributed by atoms with Crippen molar-refractivity contribution in [3.63, 3.8) is 0 Å². The Hall–Kier alpha value is -4.52. The molecule has 0 aliphatic carbocycles. The fraction of sp³-hybridized carbons (Fsp3) is 0.107. The minimum Gasteiger partial charge on any atom is -0.312 e. The summed E-state index contributed by atoms with van der Waals surface area (Å²) in [4.78, 5) is 17.5. The molecule has 7 heteroatoms. The number of aryl methyl sites for hydroxylation is 1. The molecule has 0 bridgehead atoms. The van der Waals surface area contributed by atoms with E-state index in [-0.39, 0.29) is 11.7 Å². The van der Waals surface area contributed by atoms with Gasteiger partial charge in [-0.1, -0.05) is 48.5 Å². The van der Waals surface area contributed by atoms with Crippen LogP contribution in [-0.4, -0.2) is 25.2 Å². The van der Waals surface area contributed by atoms with Crippen LogP contribution in [0.3, 0.4) is 0 Å². The van der Waals surface area contributed by atoms with Crippen molar-refractivity contribution in [1.29, 1.82) is 0 Å². The zero-order chi connectivity index (χ0) is 24.0. The van der Waals surface area contributed by atoms with Crippen LogP contribution >= 0.6 is 0 Å². The first-order chi connectivity index (χ1) is 17.2. The van der Waals surface area contributed by atoms with Gasteiger partial charge in [-0.2, -0.15) is 5.10 Å². The van der Waals surface area contributed by atoms with E-state index in [1.807, 2.05) is 71.4 Å². The molecule has 0 aliphatic rings. The highest BCUT2D eigenvalue weighted by Crippen LogP contribution is 2.28. The fourth-order valence-electron chi connectivity index (χ4n) is 3.90. The van der Waals surface area contributed by atoms with Crippen molar-refractivity contribution in [3.8, 4) is 16.9 Å². The van der Waals surface area contributed by atoms with Gasteiger partial charge in [-0.25, -0.2) is 14.1 Å². The molecule has 5 rings (SSSR count). The Morgan fingerprint density at radius 3 is 2.34 bits per heavy atom. The Labute approximate surface area is 202 Å². The van der Waals surface area contributed by atoms with Crippen molar-refractivity contribution in [2.45, 2.75) is 19.4 Å². The Bertz CT molecular complexity index is 1410. The largest absolute Gasteiger partial charge is 0.312 e. The molecule has 2 heterocycles. The third-order valence-electron chi connectivity index (χ3n) is 5.71. The third-order valence-corrected chi connectivity index (χ3v) is 5.71. The summed E-state index contributed by atoms with van der Waals surface area (Å²) in [5, 5.41) is 7.44. The maximum absolute atomic E-state index is 13.5. The van der Waals surface area contributed by atoms with Crippen LogP contribution in [0.2, 0.25) is 0 Å². The number of carbonyl (C=O) groups excluding carboxylic acids is 1. The summed E-state index contributed by atoms with van der Waals surface area (Å²) in [5.41, 5.74) is 4.36. The van der Waals surface area contributed by atoms with Crippen LogP contribution in [0.1, 0.15) is 17.5 Å². The van der Waals surface area contributed by atoms with E-state index in [0.717, 1.165) is 22.4 Å². The molecule has 0 radical (unpaired) electrons. The van der Waals surface area contributed by atoms with Gasteiger partial charge in [0, 0.05) is 18.2 Å². The van der Waals surface area contributed by atoms with Crippen molar-refractivity contribution in [2.75, 3.05) is 5.32 Å². The molecule has 0 spiro atoms. The molecule has 0 aliphatic heterocycles. The Balaban J connectivity index is 1.33. The maximum atomic E-state index is 13.5. The summed E-state index contributed by atoms with van der Waals surface area (Å²) in [6.07, 6.45) is 6.26. The molecule has 0 unspecified atom stereocenters. The van der Waals surface area contributed by atoms with E-state index in [4.69, 9.17) is 0 Å². The first-order valence-corrected chi connectivity index (χ1v) is 11.4. The zero-order valence-electron chi connectivity index (χ0n) is 19.0. The van der Waals surface area contributed by atoms with E-state index in [1.54, 1.807) is 29.3 Å². The highest BCUT2D eigenvalue weighted by molar-refractivity contribution is 5.93. The van der Waals surface area contributed by atoms with Crippen LogP contribution in [-0.2, 0) is 17.8 Å². The molecule has 0 fully saturated rings. The van der Waals surface area contributed by atoms with Crippen LogP contribution in [0.15, 0.2) is 104 Å². The number of nitrogens with one attached hydrogen (secondary N) is 1. The number of hydrogen-bond acceptors (Lipinski definition) is 3. The van der Waals surface area contributed by atoms with Gasteiger partial charge in [-0.05, 0) is 53.9 Å². The number of para-hydroxylation sites is 1. The number of carbonyl (C=O) groups is 1. The molecule has 6 nitrogen and oxygen atoms in total. The standard InChI is InChI=1S/C28H24FN5O/c29-24-14-12-23(13-15-24)27-28(33(20-30-27)18-21-7-3-1-4-8-21)32-26(35)16-11-22-17-31-34(19-22)25-9-5-2-6-10-25/h1-10,12-15,17,19-20H,11,16,18H2,(H,32,35). The molecule has 0 atom stereocenters. The number of nitrogens with zero attached hydrogens (tertiary/aromatic N) is 4. The van der Waals surface area contributed by atoms with Crippen molar-refractivity contribution in [2.24, 2.45) is 0 Å². The van der Waals surface area contributed by atoms with Crippen LogP contribution < -0.4 is 5.32 Å². The quantitative estimate of drug-likeness (QED) is 0.329. The second-order valence-electron chi connectivity index (χ2n) is 8.24. The van der Waals surface area contributed by atoms with Crippen molar-refractivity contribution >= 4 is 11.7 Å². The van der Waals surface area contributed by atoms with Crippen molar-refractivity contribution < 1.29 is 9.18 Å². The lowest BCUT2D eigenvalue weighted by Crippen LogP contribution is -2.16. The summed E-state index contributed by atoms with van der Waals surface area (Å²) >= 11 is 0. The molecular weight excluding hydrogens is 441 g/mol. The van der Waals surface area contributed by atoms with Gasteiger partial charge in [0.2, 0.25) is 5.91 Å². The molecule has 0 saturated heterocycles. The van der Waals surface area contributed by atoms with Crippen LogP contribution in [0, 0.1) is 5.82 Å². The van der Waals surface area contributed by atoms with E-state index in [2.05, 4.69) is 15.4 Å². The van der Waals surface area contributed by atoms with Crippen LogP contribution in [0.25, 0.3) is 16.9 Å². The molecule has 35 heavy (non-hydrogen) atoms. The SMILES string of the molecule is O=C(CCc1cnn(-c2ccccc2)c1)Nc1c(-c2ccc(F)cc2)ncn1Cc1ccccc1. The lowest BCUT2D eigenvalue weighted by atomic mass is 10.1. The maximum Gasteiger partial charge on any atom is 0.225 e. The van der Waals surface area contributed by atoms with Gasteiger partial charge in [-0.3, -0.25) is 4.79 Å². The molecule has 0 saturated carbocycles. The lowest BCUT2D eigenvalue weighted by molar-refractivity contribution is -0.116. The topological polar surface area (TPSA) is 64.7 Å². The van der Waals surface area contributed by atoms with Gasteiger partial charge in [0.25, 0.3) is 0 Å². The molecule has 3 aromatic carbocycles. The van der Waals surface area contributed by atoms with Gasteiger partial charge in [0.05, 0.1) is 24.8 Å². The number of benzene rings is 3. The van der Waals surface area contributed by atoms with E-state index >= 15 is 0 Å². The Kier molecular flexibility index (Phi) is 6.48. The fourth-order valence-corrected chi connectivity index (χ4v) is 3.90. The summed E-state index contributed by atoms with van der Waals surface area (Å²) < 4.78 is 17.2. The van der Waals surface area contributed by atoms with Crippen LogP contribution in [0.4, 0.5) is 10.2 Å². The second kappa shape index (κ2) is 10.2. The van der Waals surface area contributed by atoms with Gasteiger partial charge in [-0.15, -0.1) is 0 Å². The van der Waals surface area contributed by atoms with E-state index in [9.17, 15) is 9.18 Å². The molecule has 174 valence electrons. The third kappa shape index (κ3) is 5.35.